The molecular formula is C12H16FNO2. The molecule has 0 spiro atoms. The van der Waals surface area contributed by atoms with Crippen molar-refractivity contribution < 1.29 is 13.9 Å². The molecule has 1 aromatic carbocycles. The van der Waals surface area contributed by atoms with E-state index in [9.17, 15) is 9.18 Å². The van der Waals surface area contributed by atoms with E-state index in [0.29, 0.717) is 6.42 Å². The van der Waals surface area contributed by atoms with Crippen LogP contribution in [-0.2, 0) is 11.3 Å². The molecule has 0 aromatic heterocycles. The molecule has 0 radical (unpaired) electrons. The number of ether oxygens (including phenoxy) is 1. The summed E-state index contributed by atoms with van der Waals surface area (Å²) >= 11 is 0. The third-order valence-electron chi connectivity index (χ3n) is 2.12. The lowest BCUT2D eigenvalue weighted by molar-refractivity contribution is 0.136. The van der Waals surface area contributed by atoms with Gasteiger partial charge < -0.3 is 10.1 Å². The Hall–Kier alpha value is -1.58. The van der Waals surface area contributed by atoms with Crippen molar-refractivity contribution in [3.63, 3.8) is 0 Å². The van der Waals surface area contributed by atoms with E-state index in [4.69, 9.17) is 4.74 Å². The van der Waals surface area contributed by atoms with Crippen LogP contribution in [0.3, 0.4) is 0 Å². The number of rotatable bonds is 5. The molecule has 0 bridgehead atoms. The summed E-state index contributed by atoms with van der Waals surface area (Å²) in [6, 6.07) is 9.34. The highest BCUT2D eigenvalue weighted by molar-refractivity contribution is 5.67. The summed E-state index contributed by atoms with van der Waals surface area (Å²) in [6.45, 7) is 1.93. The Morgan fingerprint density at radius 2 is 2.12 bits per heavy atom. The molecule has 0 saturated heterocycles. The second kappa shape index (κ2) is 6.82. The predicted octanol–water partition coefficient (Wildman–Crippen LogP) is 2.66. The fourth-order valence-electron chi connectivity index (χ4n) is 1.11. The number of alkyl carbamates (subject to hydrolysis) is 1. The molecule has 0 saturated carbocycles. The number of carbonyl (C=O) groups is 1. The Balaban J connectivity index is 2.20. The molecule has 16 heavy (non-hydrogen) atoms. The van der Waals surface area contributed by atoms with Gasteiger partial charge in [-0.2, -0.15) is 0 Å². The van der Waals surface area contributed by atoms with Gasteiger partial charge in [-0.05, 0) is 12.0 Å². The van der Waals surface area contributed by atoms with Crippen LogP contribution in [-0.4, -0.2) is 18.8 Å². The summed E-state index contributed by atoms with van der Waals surface area (Å²) in [4.78, 5) is 11.1. The summed E-state index contributed by atoms with van der Waals surface area (Å²) in [7, 11) is 0. The summed E-state index contributed by atoms with van der Waals surface area (Å²) in [5.41, 5.74) is 0.907. The minimum absolute atomic E-state index is 0.00409. The Morgan fingerprint density at radius 1 is 1.44 bits per heavy atom. The fraction of sp³-hybridized carbons (Fsp3) is 0.417. The van der Waals surface area contributed by atoms with Crippen LogP contribution >= 0.6 is 0 Å². The molecule has 1 aromatic rings. The molecule has 0 fully saturated rings. The van der Waals surface area contributed by atoms with Gasteiger partial charge in [0, 0.05) is 0 Å². The third kappa shape index (κ3) is 4.77. The lowest BCUT2D eigenvalue weighted by atomic mass is 10.2. The van der Waals surface area contributed by atoms with E-state index in [2.05, 4.69) is 5.32 Å². The lowest BCUT2D eigenvalue weighted by Crippen LogP contribution is -2.30. The van der Waals surface area contributed by atoms with Crippen molar-refractivity contribution in [1.29, 1.82) is 0 Å². The number of nitrogens with one attached hydrogen (secondary N) is 1. The largest absolute Gasteiger partial charge is 0.445 e. The monoisotopic (exact) mass is 225 g/mol. The highest BCUT2D eigenvalue weighted by atomic mass is 19.1. The van der Waals surface area contributed by atoms with Gasteiger partial charge in [-0.1, -0.05) is 37.3 Å². The molecule has 1 N–H and O–H groups in total. The Morgan fingerprint density at radius 3 is 2.75 bits per heavy atom. The number of amides is 1. The molecule has 0 aliphatic rings. The van der Waals surface area contributed by atoms with E-state index in [0.717, 1.165) is 5.56 Å². The van der Waals surface area contributed by atoms with Gasteiger partial charge in [0.15, 0.2) is 0 Å². The average molecular weight is 225 g/mol. The molecule has 3 nitrogen and oxygen atoms in total. The number of benzene rings is 1. The van der Waals surface area contributed by atoms with Crippen molar-refractivity contribution in [2.45, 2.75) is 26.1 Å². The Kier molecular flexibility index (Phi) is 5.32. The summed E-state index contributed by atoms with van der Waals surface area (Å²) in [5.74, 6) is 0. The first-order chi connectivity index (χ1) is 7.72. The van der Waals surface area contributed by atoms with Crippen LogP contribution in [0.15, 0.2) is 30.3 Å². The third-order valence-corrected chi connectivity index (χ3v) is 2.12. The van der Waals surface area contributed by atoms with Crippen molar-refractivity contribution >= 4 is 6.09 Å². The molecule has 1 amide bonds. The topological polar surface area (TPSA) is 38.3 Å². The van der Waals surface area contributed by atoms with Gasteiger partial charge in [-0.3, -0.25) is 0 Å². The van der Waals surface area contributed by atoms with Crippen LogP contribution in [0.4, 0.5) is 9.18 Å². The van der Waals surface area contributed by atoms with Crippen LogP contribution in [0.2, 0.25) is 0 Å². The van der Waals surface area contributed by atoms with Gasteiger partial charge in [-0.25, -0.2) is 9.18 Å². The Labute approximate surface area is 94.6 Å². The number of halogens is 1. The van der Waals surface area contributed by atoms with Crippen LogP contribution in [0.25, 0.3) is 0 Å². The molecule has 1 rings (SSSR count). The van der Waals surface area contributed by atoms with Gasteiger partial charge in [-0.15, -0.1) is 0 Å². The smallest absolute Gasteiger partial charge is 0.407 e. The fourth-order valence-corrected chi connectivity index (χ4v) is 1.11. The van der Waals surface area contributed by atoms with Crippen molar-refractivity contribution in [1.82, 2.24) is 5.32 Å². The van der Waals surface area contributed by atoms with Crippen molar-refractivity contribution in [2.75, 3.05) is 6.54 Å². The van der Waals surface area contributed by atoms with Gasteiger partial charge in [0.2, 0.25) is 0 Å². The van der Waals surface area contributed by atoms with Gasteiger partial charge >= 0.3 is 6.09 Å². The lowest BCUT2D eigenvalue weighted by Gasteiger charge is -2.08. The van der Waals surface area contributed by atoms with Crippen molar-refractivity contribution in [3.05, 3.63) is 35.9 Å². The predicted molar refractivity (Wildman–Crippen MR) is 59.8 cm³/mol. The van der Waals surface area contributed by atoms with E-state index >= 15 is 0 Å². The molecular weight excluding hydrogens is 209 g/mol. The quantitative estimate of drug-likeness (QED) is 0.836. The number of carbonyl (C=O) groups excluding carboxylic acids is 1. The SMILES string of the molecule is CCC(F)CNC(=O)OCc1ccccc1. The van der Waals surface area contributed by atoms with Gasteiger partial charge in [0.1, 0.15) is 12.8 Å². The van der Waals surface area contributed by atoms with E-state index in [1.54, 1.807) is 6.92 Å². The van der Waals surface area contributed by atoms with Crippen molar-refractivity contribution in [3.8, 4) is 0 Å². The first-order valence-corrected chi connectivity index (χ1v) is 5.31. The maximum Gasteiger partial charge on any atom is 0.407 e. The molecule has 0 heterocycles. The summed E-state index contributed by atoms with van der Waals surface area (Å²) in [6.07, 6.45) is -1.21. The minimum atomic E-state index is -1.01. The maximum atomic E-state index is 12.8. The van der Waals surface area contributed by atoms with Crippen LogP contribution in [0, 0.1) is 0 Å². The second-order valence-corrected chi connectivity index (χ2v) is 3.45. The van der Waals surface area contributed by atoms with Crippen LogP contribution in [0.1, 0.15) is 18.9 Å². The zero-order valence-corrected chi connectivity index (χ0v) is 9.28. The zero-order chi connectivity index (χ0) is 11.8. The van der Waals surface area contributed by atoms with Gasteiger partial charge in [0.25, 0.3) is 0 Å². The van der Waals surface area contributed by atoms with E-state index in [1.165, 1.54) is 0 Å². The molecule has 1 atom stereocenters. The normalized spacial score (nSPS) is 11.9. The van der Waals surface area contributed by atoms with Crippen LogP contribution < -0.4 is 5.32 Å². The molecule has 0 aliphatic heterocycles. The second-order valence-electron chi connectivity index (χ2n) is 3.45. The Bertz CT molecular complexity index is 316. The van der Waals surface area contributed by atoms with Crippen LogP contribution in [0.5, 0.6) is 0 Å². The van der Waals surface area contributed by atoms with Crippen molar-refractivity contribution in [2.24, 2.45) is 0 Å². The molecule has 0 aliphatic carbocycles. The number of hydrogen-bond donors (Lipinski definition) is 1. The molecule has 4 heteroatoms. The average Bonchev–Trinajstić information content (AvgIpc) is 2.34. The summed E-state index contributed by atoms with van der Waals surface area (Å²) in [5, 5.41) is 2.37. The number of alkyl halides is 1. The van der Waals surface area contributed by atoms with E-state index in [-0.39, 0.29) is 13.2 Å². The first-order valence-electron chi connectivity index (χ1n) is 5.31. The van der Waals surface area contributed by atoms with E-state index in [1.807, 2.05) is 30.3 Å². The first kappa shape index (κ1) is 12.5. The number of hydrogen-bond acceptors (Lipinski definition) is 2. The maximum absolute atomic E-state index is 12.8. The molecule has 1 unspecified atom stereocenters. The zero-order valence-electron chi connectivity index (χ0n) is 9.28. The minimum Gasteiger partial charge on any atom is -0.445 e. The molecule has 88 valence electrons. The van der Waals surface area contributed by atoms with E-state index < -0.39 is 12.3 Å². The standard InChI is InChI=1S/C12H16FNO2/c1-2-11(13)8-14-12(15)16-9-10-6-4-3-5-7-10/h3-7,11H,2,8-9H2,1H3,(H,14,15). The highest BCUT2D eigenvalue weighted by Crippen LogP contribution is 2.00. The van der Waals surface area contributed by atoms with Gasteiger partial charge in [0.05, 0.1) is 6.54 Å². The summed E-state index contributed by atoms with van der Waals surface area (Å²) < 4.78 is 17.7. The highest BCUT2D eigenvalue weighted by Gasteiger charge is 2.06.